The number of rotatable bonds is 2. The lowest BCUT2D eigenvalue weighted by Gasteiger charge is -2.06. The van der Waals surface area contributed by atoms with Crippen molar-refractivity contribution in [3.05, 3.63) is 33.4 Å². The van der Waals surface area contributed by atoms with Crippen LogP contribution in [-0.4, -0.2) is 5.91 Å². The lowest BCUT2D eigenvalue weighted by molar-refractivity contribution is -0.119. The maximum atomic E-state index is 10.8. The highest BCUT2D eigenvalue weighted by Gasteiger charge is 2.10. The fourth-order valence-electron chi connectivity index (χ4n) is 0.940. The van der Waals surface area contributed by atoms with Gasteiger partial charge in [0.15, 0.2) is 0 Å². The number of primary amides is 1. The summed E-state index contributed by atoms with van der Waals surface area (Å²) in [7, 11) is 0. The molecule has 0 saturated heterocycles. The second kappa shape index (κ2) is 3.89. The lowest BCUT2D eigenvalue weighted by atomic mass is 10.0. The third kappa shape index (κ3) is 2.20. The maximum absolute atomic E-state index is 10.8. The molecule has 0 bridgehead atoms. The topological polar surface area (TPSA) is 43.1 Å². The highest BCUT2D eigenvalue weighted by Crippen LogP contribution is 2.16. The zero-order valence-electron chi connectivity index (χ0n) is 6.75. The Bertz CT molecular complexity index is 298. The summed E-state index contributed by atoms with van der Waals surface area (Å²) >= 11 is 2.21. The summed E-state index contributed by atoms with van der Waals surface area (Å²) in [4.78, 5) is 10.8. The first-order valence-electron chi connectivity index (χ1n) is 3.66. The van der Waals surface area contributed by atoms with Crippen LogP contribution in [0.15, 0.2) is 24.3 Å². The van der Waals surface area contributed by atoms with Gasteiger partial charge in [0, 0.05) is 3.57 Å². The van der Waals surface area contributed by atoms with Crippen molar-refractivity contribution in [2.45, 2.75) is 12.8 Å². The van der Waals surface area contributed by atoms with Crippen molar-refractivity contribution in [1.82, 2.24) is 0 Å². The van der Waals surface area contributed by atoms with Crippen LogP contribution in [0.5, 0.6) is 0 Å². The number of benzene rings is 1. The van der Waals surface area contributed by atoms with Crippen LogP contribution in [0.3, 0.4) is 0 Å². The highest BCUT2D eigenvalue weighted by atomic mass is 127. The van der Waals surface area contributed by atoms with E-state index in [0.29, 0.717) is 0 Å². The van der Waals surface area contributed by atoms with E-state index in [0.717, 1.165) is 9.13 Å². The predicted octanol–water partition coefficient (Wildman–Crippen LogP) is 1.88. The normalized spacial score (nSPS) is 12.5. The number of carbonyl (C=O) groups excluding carboxylic acids is 1. The molecule has 1 rings (SSSR count). The third-order valence-corrected chi connectivity index (χ3v) is 2.45. The molecule has 2 N–H and O–H groups in total. The monoisotopic (exact) mass is 275 g/mol. The van der Waals surface area contributed by atoms with E-state index in [1.54, 1.807) is 0 Å². The van der Waals surface area contributed by atoms with E-state index in [4.69, 9.17) is 5.73 Å². The molecular formula is C9H10INO. The van der Waals surface area contributed by atoms with Crippen LogP contribution in [0.1, 0.15) is 18.4 Å². The van der Waals surface area contributed by atoms with Crippen molar-refractivity contribution in [3.8, 4) is 0 Å². The van der Waals surface area contributed by atoms with Gasteiger partial charge in [0.2, 0.25) is 5.91 Å². The standard InChI is InChI=1S/C9H10INO/c1-6(9(11)12)7-3-2-4-8(10)5-7/h2-6H,1H3,(H2,11,12)/t6-/m1/s1. The maximum Gasteiger partial charge on any atom is 0.224 e. The summed E-state index contributed by atoms with van der Waals surface area (Å²) < 4.78 is 1.12. The lowest BCUT2D eigenvalue weighted by Crippen LogP contribution is -2.18. The number of carbonyl (C=O) groups is 1. The van der Waals surface area contributed by atoms with E-state index in [9.17, 15) is 4.79 Å². The largest absolute Gasteiger partial charge is 0.369 e. The Morgan fingerprint density at radius 2 is 2.25 bits per heavy atom. The van der Waals surface area contributed by atoms with Crippen molar-refractivity contribution >= 4 is 28.5 Å². The zero-order chi connectivity index (χ0) is 9.14. The van der Waals surface area contributed by atoms with Gasteiger partial charge in [-0.15, -0.1) is 0 Å². The molecule has 0 aromatic heterocycles. The number of nitrogens with two attached hydrogens (primary N) is 1. The molecule has 64 valence electrons. The van der Waals surface area contributed by atoms with Crippen LogP contribution in [0, 0.1) is 3.57 Å². The van der Waals surface area contributed by atoms with Gasteiger partial charge in [0.25, 0.3) is 0 Å². The minimum atomic E-state index is -0.281. The summed E-state index contributed by atoms with van der Waals surface area (Å²) in [5.41, 5.74) is 6.16. The molecule has 1 aromatic rings. The van der Waals surface area contributed by atoms with Gasteiger partial charge in [-0.2, -0.15) is 0 Å². The summed E-state index contributed by atoms with van der Waals surface area (Å²) in [5.74, 6) is -0.475. The molecular weight excluding hydrogens is 265 g/mol. The van der Waals surface area contributed by atoms with E-state index < -0.39 is 0 Å². The van der Waals surface area contributed by atoms with E-state index >= 15 is 0 Å². The van der Waals surface area contributed by atoms with Crippen molar-refractivity contribution in [2.75, 3.05) is 0 Å². The summed E-state index contributed by atoms with van der Waals surface area (Å²) in [6.07, 6.45) is 0. The van der Waals surface area contributed by atoms with E-state index in [1.165, 1.54) is 0 Å². The molecule has 1 amide bonds. The Hall–Kier alpha value is -0.580. The molecule has 0 fully saturated rings. The van der Waals surface area contributed by atoms with Gasteiger partial charge < -0.3 is 5.73 Å². The first kappa shape index (κ1) is 9.51. The van der Waals surface area contributed by atoms with Crippen LogP contribution in [0.2, 0.25) is 0 Å². The fraction of sp³-hybridized carbons (Fsp3) is 0.222. The first-order chi connectivity index (χ1) is 5.61. The molecule has 2 nitrogen and oxygen atoms in total. The Labute approximate surface area is 85.3 Å². The molecule has 0 spiro atoms. The molecule has 0 heterocycles. The van der Waals surface area contributed by atoms with Crippen molar-refractivity contribution in [1.29, 1.82) is 0 Å². The summed E-state index contributed by atoms with van der Waals surface area (Å²) in [6, 6.07) is 7.79. The summed E-state index contributed by atoms with van der Waals surface area (Å²) in [5, 5.41) is 0. The van der Waals surface area contributed by atoms with E-state index in [2.05, 4.69) is 22.6 Å². The Kier molecular flexibility index (Phi) is 3.08. The van der Waals surface area contributed by atoms with Gasteiger partial charge in [-0.25, -0.2) is 0 Å². The predicted molar refractivity (Wildman–Crippen MR) is 56.8 cm³/mol. The molecule has 0 radical (unpaired) electrons. The zero-order valence-corrected chi connectivity index (χ0v) is 8.91. The van der Waals surface area contributed by atoms with Crippen molar-refractivity contribution < 1.29 is 4.79 Å². The van der Waals surface area contributed by atoms with Crippen LogP contribution in [-0.2, 0) is 4.79 Å². The van der Waals surface area contributed by atoms with Crippen LogP contribution in [0.25, 0.3) is 0 Å². The molecule has 1 aromatic carbocycles. The quantitative estimate of drug-likeness (QED) is 0.823. The van der Waals surface area contributed by atoms with Gasteiger partial charge in [-0.05, 0) is 47.2 Å². The minimum absolute atomic E-state index is 0.195. The van der Waals surface area contributed by atoms with Gasteiger partial charge in [0.1, 0.15) is 0 Å². The van der Waals surface area contributed by atoms with Gasteiger partial charge in [-0.3, -0.25) is 4.79 Å². The molecule has 0 aliphatic carbocycles. The molecule has 3 heteroatoms. The number of halogens is 1. The smallest absolute Gasteiger partial charge is 0.224 e. The Morgan fingerprint density at radius 1 is 1.58 bits per heavy atom. The van der Waals surface area contributed by atoms with Crippen molar-refractivity contribution in [2.24, 2.45) is 5.73 Å². The number of hydrogen-bond acceptors (Lipinski definition) is 1. The molecule has 12 heavy (non-hydrogen) atoms. The van der Waals surface area contributed by atoms with E-state index in [-0.39, 0.29) is 11.8 Å². The van der Waals surface area contributed by atoms with Crippen molar-refractivity contribution in [3.63, 3.8) is 0 Å². The SMILES string of the molecule is C[C@@H](C(N)=O)c1cccc(I)c1. The van der Waals surface area contributed by atoms with Crippen LogP contribution < -0.4 is 5.73 Å². The summed E-state index contributed by atoms with van der Waals surface area (Å²) in [6.45, 7) is 1.81. The van der Waals surface area contributed by atoms with Gasteiger partial charge >= 0.3 is 0 Å². The van der Waals surface area contributed by atoms with E-state index in [1.807, 2.05) is 31.2 Å². The second-order valence-electron chi connectivity index (χ2n) is 2.68. The molecule has 0 aliphatic heterocycles. The molecule has 0 aliphatic rings. The average Bonchev–Trinajstić information content (AvgIpc) is 2.03. The molecule has 0 saturated carbocycles. The second-order valence-corrected chi connectivity index (χ2v) is 3.92. The van der Waals surface area contributed by atoms with Crippen LogP contribution >= 0.6 is 22.6 Å². The third-order valence-electron chi connectivity index (χ3n) is 1.78. The fourth-order valence-corrected chi connectivity index (χ4v) is 1.51. The highest BCUT2D eigenvalue weighted by molar-refractivity contribution is 14.1. The Morgan fingerprint density at radius 3 is 2.75 bits per heavy atom. The molecule has 0 unspecified atom stereocenters. The van der Waals surface area contributed by atoms with Gasteiger partial charge in [-0.1, -0.05) is 12.1 Å². The first-order valence-corrected chi connectivity index (χ1v) is 4.74. The minimum Gasteiger partial charge on any atom is -0.369 e. The van der Waals surface area contributed by atoms with Gasteiger partial charge in [0.05, 0.1) is 5.92 Å². The molecule has 1 atom stereocenters. The average molecular weight is 275 g/mol. The number of hydrogen-bond donors (Lipinski definition) is 1. The van der Waals surface area contributed by atoms with Crippen LogP contribution in [0.4, 0.5) is 0 Å². The Balaban J connectivity index is 2.95. The number of amides is 1.